The molecule has 6 heteroatoms. The van der Waals surface area contributed by atoms with Crippen LogP contribution in [-0.2, 0) is 6.61 Å². The van der Waals surface area contributed by atoms with E-state index >= 15 is 0 Å². The van der Waals surface area contributed by atoms with Crippen molar-refractivity contribution in [3.63, 3.8) is 0 Å². The first kappa shape index (κ1) is 14.3. The summed E-state index contributed by atoms with van der Waals surface area (Å²) in [5.74, 6) is -2.81. The molecule has 0 unspecified atom stereocenters. The molecule has 3 nitrogen and oxygen atoms in total. The predicted octanol–water partition coefficient (Wildman–Crippen LogP) is 3.90. The zero-order valence-electron chi connectivity index (χ0n) is 10.1. The number of carboxylic acid groups (broad SMARTS) is 1. The van der Waals surface area contributed by atoms with E-state index in [4.69, 9.17) is 21.4 Å². The van der Waals surface area contributed by atoms with Gasteiger partial charge in [0, 0.05) is 5.56 Å². The number of halogens is 3. The molecule has 2 aromatic carbocycles. The Balaban J connectivity index is 2.17. The van der Waals surface area contributed by atoms with Gasteiger partial charge in [0.25, 0.3) is 0 Å². The average Bonchev–Trinajstić information content (AvgIpc) is 2.39. The van der Waals surface area contributed by atoms with Crippen LogP contribution in [0.2, 0.25) is 5.02 Å². The molecule has 20 heavy (non-hydrogen) atoms. The maximum Gasteiger partial charge on any atom is 0.335 e. The lowest BCUT2D eigenvalue weighted by Gasteiger charge is -2.09. The Bertz CT molecular complexity index is 639. The van der Waals surface area contributed by atoms with Crippen molar-refractivity contribution < 1.29 is 23.4 Å². The summed E-state index contributed by atoms with van der Waals surface area (Å²) in [6, 6.07) is 7.36. The topological polar surface area (TPSA) is 46.5 Å². The highest BCUT2D eigenvalue weighted by Gasteiger charge is 2.12. The first-order valence-corrected chi connectivity index (χ1v) is 5.95. The second-order valence-corrected chi connectivity index (χ2v) is 4.35. The fourth-order valence-corrected chi connectivity index (χ4v) is 1.79. The van der Waals surface area contributed by atoms with Crippen molar-refractivity contribution in [2.75, 3.05) is 0 Å². The maximum atomic E-state index is 13.6. The van der Waals surface area contributed by atoms with Gasteiger partial charge in [-0.2, -0.15) is 0 Å². The lowest BCUT2D eigenvalue weighted by atomic mass is 10.2. The fraction of sp³-hybridized carbons (Fsp3) is 0.0714. The molecule has 0 aliphatic carbocycles. The van der Waals surface area contributed by atoms with Crippen LogP contribution in [0, 0.1) is 11.6 Å². The molecule has 0 heterocycles. The Morgan fingerprint density at radius 1 is 1.20 bits per heavy atom. The van der Waals surface area contributed by atoms with Crippen LogP contribution < -0.4 is 4.74 Å². The van der Waals surface area contributed by atoms with Gasteiger partial charge in [-0.15, -0.1) is 0 Å². The highest BCUT2D eigenvalue weighted by Crippen LogP contribution is 2.23. The number of aromatic carboxylic acids is 1. The number of carboxylic acids is 1. The molecule has 104 valence electrons. The molecule has 2 aromatic rings. The van der Waals surface area contributed by atoms with Crippen LogP contribution in [0.5, 0.6) is 5.75 Å². The molecule has 0 bridgehead atoms. The van der Waals surface area contributed by atoms with Gasteiger partial charge in [-0.1, -0.05) is 17.7 Å². The molecule has 0 amide bonds. The number of carbonyl (C=O) groups is 1. The summed E-state index contributed by atoms with van der Waals surface area (Å²) in [5.41, 5.74) is -0.0883. The normalized spacial score (nSPS) is 10.3. The van der Waals surface area contributed by atoms with Crippen molar-refractivity contribution in [3.8, 4) is 5.75 Å². The van der Waals surface area contributed by atoms with Crippen LogP contribution in [-0.4, -0.2) is 11.1 Å². The van der Waals surface area contributed by atoms with Gasteiger partial charge in [-0.3, -0.25) is 0 Å². The smallest absolute Gasteiger partial charge is 0.335 e. The van der Waals surface area contributed by atoms with Crippen molar-refractivity contribution in [2.24, 2.45) is 0 Å². The van der Waals surface area contributed by atoms with E-state index in [1.807, 2.05) is 0 Å². The molecular weight excluding hydrogens is 290 g/mol. The molecule has 0 aliphatic rings. The molecule has 0 saturated heterocycles. The van der Waals surface area contributed by atoms with E-state index in [0.29, 0.717) is 0 Å². The summed E-state index contributed by atoms with van der Waals surface area (Å²) in [6.45, 7) is -0.255. The third kappa shape index (κ3) is 3.05. The number of rotatable bonds is 4. The van der Waals surface area contributed by atoms with E-state index in [1.165, 1.54) is 30.3 Å². The van der Waals surface area contributed by atoms with Crippen molar-refractivity contribution in [2.45, 2.75) is 6.61 Å². The van der Waals surface area contributed by atoms with Gasteiger partial charge in [0.1, 0.15) is 12.4 Å². The lowest BCUT2D eigenvalue weighted by molar-refractivity contribution is 0.0696. The molecular formula is C14H9ClF2O3. The van der Waals surface area contributed by atoms with Crippen LogP contribution in [0.3, 0.4) is 0 Å². The summed E-state index contributed by atoms with van der Waals surface area (Å²) in [7, 11) is 0. The lowest BCUT2D eigenvalue weighted by Crippen LogP contribution is -2.02. The second kappa shape index (κ2) is 5.88. The quantitative estimate of drug-likeness (QED) is 0.931. The van der Waals surface area contributed by atoms with Gasteiger partial charge in [0.05, 0.1) is 10.6 Å². The van der Waals surface area contributed by atoms with Crippen LogP contribution in [0.4, 0.5) is 8.78 Å². The molecule has 0 atom stereocenters. The van der Waals surface area contributed by atoms with E-state index in [1.54, 1.807) is 0 Å². The predicted molar refractivity (Wildman–Crippen MR) is 69.1 cm³/mol. The first-order valence-electron chi connectivity index (χ1n) is 5.57. The molecule has 0 saturated carbocycles. The van der Waals surface area contributed by atoms with Gasteiger partial charge >= 0.3 is 5.97 Å². The summed E-state index contributed by atoms with van der Waals surface area (Å²) in [5, 5.41) is 8.88. The van der Waals surface area contributed by atoms with E-state index in [0.717, 1.165) is 6.07 Å². The highest BCUT2D eigenvalue weighted by atomic mass is 35.5. The minimum Gasteiger partial charge on any atom is -0.486 e. The van der Waals surface area contributed by atoms with Crippen molar-refractivity contribution in [1.29, 1.82) is 0 Å². The Kier molecular flexibility index (Phi) is 4.20. The van der Waals surface area contributed by atoms with E-state index in [9.17, 15) is 13.6 Å². The van der Waals surface area contributed by atoms with E-state index < -0.39 is 17.6 Å². The SMILES string of the molecule is O=C(O)c1ccc(OCc2c(F)cccc2Cl)c(F)c1. The molecule has 2 rings (SSSR count). The Labute approximate surface area is 118 Å². The zero-order chi connectivity index (χ0) is 14.7. The fourth-order valence-electron chi connectivity index (χ4n) is 1.57. The largest absolute Gasteiger partial charge is 0.486 e. The van der Waals surface area contributed by atoms with Gasteiger partial charge in [-0.05, 0) is 30.3 Å². The molecule has 1 N–H and O–H groups in total. The minimum absolute atomic E-state index is 0.107. The minimum atomic E-state index is -1.24. The first-order chi connectivity index (χ1) is 9.49. The summed E-state index contributed by atoms with van der Waals surface area (Å²) < 4.78 is 32.2. The number of ether oxygens (including phenoxy) is 1. The summed E-state index contributed by atoms with van der Waals surface area (Å²) in [6.07, 6.45) is 0. The van der Waals surface area contributed by atoms with Gasteiger partial charge in [0.2, 0.25) is 0 Å². The molecule has 0 aromatic heterocycles. The maximum absolute atomic E-state index is 13.6. The van der Waals surface area contributed by atoms with E-state index in [2.05, 4.69) is 0 Å². The second-order valence-electron chi connectivity index (χ2n) is 3.94. The highest BCUT2D eigenvalue weighted by molar-refractivity contribution is 6.31. The van der Waals surface area contributed by atoms with Crippen molar-refractivity contribution in [1.82, 2.24) is 0 Å². The monoisotopic (exact) mass is 298 g/mol. The van der Waals surface area contributed by atoms with Crippen LogP contribution in [0.15, 0.2) is 36.4 Å². The molecule has 0 fully saturated rings. The van der Waals surface area contributed by atoms with Gasteiger partial charge < -0.3 is 9.84 Å². The Morgan fingerprint density at radius 2 is 1.95 bits per heavy atom. The van der Waals surface area contributed by atoms with E-state index in [-0.39, 0.29) is 28.5 Å². The van der Waals surface area contributed by atoms with Gasteiger partial charge in [-0.25, -0.2) is 13.6 Å². The molecule has 0 aliphatic heterocycles. The third-order valence-corrected chi connectivity index (χ3v) is 2.97. The average molecular weight is 299 g/mol. The third-order valence-electron chi connectivity index (χ3n) is 2.61. The number of hydrogen-bond acceptors (Lipinski definition) is 2. The zero-order valence-corrected chi connectivity index (χ0v) is 10.8. The standard InChI is InChI=1S/C14H9ClF2O3/c15-10-2-1-3-11(16)9(10)7-20-13-5-4-8(14(18)19)6-12(13)17/h1-6H,7H2,(H,18,19). The van der Waals surface area contributed by atoms with Gasteiger partial charge in [0.15, 0.2) is 11.6 Å². The van der Waals surface area contributed by atoms with Crippen molar-refractivity contribution in [3.05, 3.63) is 64.2 Å². The van der Waals surface area contributed by atoms with Crippen LogP contribution >= 0.6 is 11.6 Å². The number of hydrogen-bond donors (Lipinski definition) is 1. The summed E-state index contributed by atoms with van der Waals surface area (Å²) in [4.78, 5) is 10.7. The number of benzene rings is 2. The van der Waals surface area contributed by atoms with Crippen molar-refractivity contribution >= 4 is 17.6 Å². The molecule has 0 spiro atoms. The Morgan fingerprint density at radius 3 is 2.55 bits per heavy atom. The Hall–Kier alpha value is -2.14. The molecule has 0 radical (unpaired) electrons. The van der Waals surface area contributed by atoms with Crippen LogP contribution in [0.1, 0.15) is 15.9 Å². The van der Waals surface area contributed by atoms with Crippen LogP contribution in [0.25, 0.3) is 0 Å². The summed E-state index contributed by atoms with van der Waals surface area (Å²) >= 11 is 5.81.